The molecule has 1 heterocycles. The molecule has 0 bridgehead atoms. The number of amides is 3. The molecule has 1 aliphatic carbocycles. The van der Waals surface area contributed by atoms with E-state index in [2.05, 4.69) is 33.4 Å². The Kier molecular flexibility index (Phi) is 5.98. The van der Waals surface area contributed by atoms with Crippen molar-refractivity contribution in [2.24, 2.45) is 11.8 Å². The summed E-state index contributed by atoms with van der Waals surface area (Å²) in [5.74, 6) is -1.24. The van der Waals surface area contributed by atoms with Crippen molar-refractivity contribution in [3.05, 3.63) is 63.1 Å². The van der Waals surface area contributed by atoms with E-state index >= 15 is 0 Å². The molecule has 0 radical (unpaired) electrons. The van der Waals surface area contributed by atoms with Gasteiger partial charge in [0.15, 0.2) is 0 Å². The van der Waals surface area contributed by atoms with Gasteiger partial charge in [-0.25, -0.2) is 0 Å². The number of carbonyl (C=O) groups is 3. The summed E-state index contributed by atoms with van der Waals surface area (Å²) in [6, 6.07) is 13.6. The molecule has 5 nitrogen and oxygen atoms in total. The Bertz CT molecular complexity index is 1010. The summed E-state index contributed by atoms with van der Waals surface area (Å²) in [5.41, 5.74) is 2.60. The number of aryl methyl sites for hydroxylation is 1. The van der Waals surface area contributed by atoms with Gasteiger partial charge < -0.3 is 5.32 Å². The van der Waals surface area contributed by atoms with Crippen LogP contribution >= 0.6 is 27.5 Å². The lowest BCUT2D eigenvalue weighted by molar-refractivity contribution is -0.142. The zero-order valence-electron chi connectivity index (χ0n) is 16.5. The number of rotatable bonds is 4. The molecule has 0 unspecified atom stereocenters. The molecular formula is C23H22BrClN2O3. The first-order valence-electron chi connectivity index (χ1n) is 10.0. The molecule has 2 aromatic carbocycles. The maximum atomic E-state index is 13.0. The molecule has 3 amide bonds. The summed E-state index contributed by atoms with van der Waals surface area (Å²) in [5, 5.41) is 3.25. The fourth-order valence-electron chi connectivity index (χ4n) is 4.55. The summed E-state index contributed by atoms with van der Waals surface area (Å²) >= 11 is 9.46. The highest BCUT2D eigenvalue weighted by Gasteiger charge is 2.50. The van der Waals surface area contributed by atoms with Crippen molar-refractivity contribution in [2.45, 2.75) is 32.1 Å². The predicted octanol–water partition coefficient (Wildman–Crippen LogP) is 4.92. The standard InChI is InChI=1S/C23H22BrClN2O3/c1-13-9-18(24)19(25)11-20(13)26-21(28)12-27-22(29)16-8-7-15(10-17(16)23(27)30)14-5-3-2-4-6-14/h2-6,9,11,15-17H,7-8,10,12H2,1H3,(H,26,28)/t15-,16+,17+/m0/s1. The van der Waals surface area contributed by atoms with Crippen molar-refractivity contribution in [2.75, 3.05) is 11.9 Å². The second-order valence-electron chi connectivity index (χ2n) is 8.03. The van der Waals surface area contributed by atoms with Crippen molar-refractivity contribution in [3.8, 4) is 0 Å². The number of likely N-dealkylation sites (tertiary alicyclic amines) is 1. The van der Waals surface area contributed by atoms with E-state index < -0.39 is 5.91 Å². The number of benzene rings is 2. The van der Waals surface area contributed by atoms with Crippen LogP contribution in [-0.2, 0) is 14.4 Å². The van der Waals surface area contributed by atoms with Crippen LogP contribution in [0, 0.1) is 18.8 Å². The van der Waals surface area contributed by atoms with Crippen LogP contribution in [0.3, 0.4) is 0 Å². The summed E-state index contributed by atoms with van der Waals surface area (Å²) < 4.78 is 0.738. The molecule has 0 aromatic heterocycles. The van der Waals surface area contributed by atoms with Crippen molar-refractivity contribution in [3.63, 3.8) is 0 Å². The second-order valence-corrected chi connectivity index (χ2v) is 9.29. The SMILES string of the molecule is Cc1cc(Br)c(Cl)cc1NC(=O)CN1C(=O)[C@@H]2CC[C@H](c3ccccc3)C[C@H]2C1=O. The highest BCUT2D eigenvalue weighted by molar-refractivity contribution is 9.10. The lowest BCUT2D eigenvalue weighted by Crippen LogP contribution is -2.38. The second kappa shape index (κ2) is 8.52. The van der Waals surface area contributed by atoms with E-state index in [-0.39, 0.29) is 36.1 Å². The van der Waals surface area contributed by atoms with Crippen LogP contribution in [-0.4, -0.2) is 29.2 Å². The van der Waals surface area contributed by atoms with Gasteiger partial charge in [-0.1, -0.05) is 41.9 Å². The summed E-state index contributed by atoms with van der Waals surface area (Å²) in [6.07, 6.45) is 2.20. The van der Waals surface area contributed by atoms with E-state index in [4.69, 9.17) is 11.6 Å². The van der Waals surface area contributed by atoms with Crippen LogP contribution in [0.4, 0.5) is 5.69 Å². The molecule has 1 aliphatic heterocycles. The number of nitrogens with one attached hydrogen (secondary N) is 1. The molecule has 1 saturated heterocycles. The fraction of sp³-hybridized carbons (Fsp3) is 0.348. The molecule has 30 heavy (non-hydrogen) atoms. The Balaban J connectivity index is 1.44. The normalized spacial score (nSPS) is 23.4. The van der Waals surface area contributed by atoms with Gasteiger partial charge >= 0.3 is 0 Å². The van der Waals surface area contributed by atoms with Crippen LogP contribution in [0.15, 0.2) is 46.9 Å². The molecule has 2 aliphatic rings. The maximum absolute atomic E-state index is 13.0. The van der Waals surface area contributed by atoms with E-state index in [0.29, 0.717) is 23.6 Å². The number of hydrogen-bond donors (Lipinski definition) is 1. The highest BCUT2D eigenvalue weighted by Crippen LogP contribution is 2.44. The molecule has 156 valence electrons. The molecule has 1 saturated carbocycles. The molecule has 1 N–H and O–H groups in total. The number of imide groups is 1. The minimum absolute atomic E-state index is 0.225. The zero-order valence-corrected chi connectivity index (χ0v) is 18.9. The average Bonchev–Trinajstić information content (AvgIpc) is 2.97. The third-order valence-electron chi connectivity index (χ3n) is 6.13. The van der Waals surface area contributed by atoms with Crippen LogP contribution in [0.5, 0.6) is 0 Å². The van der Waals surface area contributed by atoms with Gasteiger partial charge in [0.05, 0.1) is 16.9 Å². The summed E-state index contributed by atoms with van der Waals surface area (Å²) in [6.45, 7) is 1.58. The Hall–Kier alpha value is -2.18. The topological polar surface area (TPSA) is 66.5 Å². The van der Waals surface area contributed by atoms with Gasteiger partial charge in [-0.05, 0) is 71.3 Å². The van der Waals surface area contributed by atoms with E-state index in [1.165, 1.54) is 5.56 Å². The Labute approximate surface area is 188 Å². The molecule has 2 fully saturated rings. The monoisotopic (exact) mass is 488 g/mol. The lowest BCUT2D eigenvalue weighted by Gasteiger charge is -2.28. The smallest absolute Gasteiger partial charge is 0.244 e. The third kappa shape index (κ3) is 4.03. The van der Waals surface area contributed by atoms with E-state index in [1.807, 2.05) is 31.2 Å². The summed E-state index contributed by atoms with van der Waals surface area (Å²) in [4.78, 5) is 39.5. The lowest BCUT2D eigenvalue weighted by atomic mass is 9.73. The van der Waals surface area contributed by atoms with Crippen LogP contribution in [0.25, 0.3) is 0 Å². The van der Waals surface area contributed by atoms with Crippen molar-refractivity contribution in [1.82, 2.24) is 4.90 Å². The zero-order chi connectivity index (χ0) is 21.4. The third-order valence-corrected chi connectivity index (χ3v) is 7.33. The van der Waals surface area contributed by atoms with Gasteiger partial charge in [0.25, 0.3) is 0 Å². The minimum atomic E-state index is -0.406. The number of anilines is 1. The molecule has 4 rings (SSSR count). The number of hydrogen-bond acceptors (Lipinski definition) is 3. The Morgan fingerprint density at radius 3 is 2.57 bits per heavy atom. The van der Waals surface area contributed by atoms with Gasteiger partial charge in [0.1, 0.15) is 6.54 Å². The Morgan fingerprint density at radius 2 is 1.83 bits per heavy atom. The number of halogens is 2. The quantitative estimate of drug-likeness (QED) is 0.620. The van der Waals surface area contributed by atoms with E-state index in [9.17, 15) is 14.4 Å². The van der Waals surface area contributed by atoms with E-state index in [0.717, 1.165) is 21.4 Å². The molecule has 2 aromatic rings. The first-order valence-corrected chi connectivity index (χ1v) is 11.2. The molecule has 3 atom stereocenters. The number of nitrogens with zero attached hydrogens (tertiary/aromatic N) is 1. The fourth-order valence-corrected chi connectivity index (χ4v) is 5.17. The average molecular weight is 490 g/mol. The van der Waals surface area contributed by atoms with Crippen LogP contribution in [0.2, 0.25) is 5.02 Å². The summed E-state index contributed by atoms with van der Waals surface area (Å²) in [7, 11) is 0. The molecule has 7 heteroatoms. The van der Waals surface area contributed by atoms with Crippen LogP contribution in [0.1, 0.15) is 36.3 Å². The van der Waals surface area contributed by atoms with Gasteiger partial charge in [-0.15, -0.1) is 0 Å². The van der Waals surface area contributed by atoms with Gasteiger partial charge in [0.2, 0.25) is 17.7 Å². The van der Waals surface area contributed by atoms with Crippen molar-refractivity contribution < 1.29 is 14.4 Å². The maximum Gasteiger partial charge on any atom is 0.244 e. The van der Waals surface area contributed by atoms with E-state index in [1.54, 1.807) is 6.07 Å². The number of carbonyl (C=O) groups excluding carboxylic acids is 3. The van der Waals surface area contributed by atoms with Gasteiger partial charge in [-0.2, -0.15) is 0 Å². The first-order chi connectivity index (χ1) is 14.3. The minimum Gasteiger partial charge on any atom is -0.324 e. The highest BCUT2D eigenvalue weighted by atomic mass is 79.9. The molecule has 0 spiro atoms. The Morgan fingerprint density at radius 1 is 1.13 bits per heavy atom. The largest absolute Gasteiger partial charge is 0.324 e. The predicted molar refractivity (Wildman–Crippen MR) is 119 cm³/mol. The van der Waals surface area contributed by atoms with Crippen molar-refractivity contribution in [1.29, 1.82) is 0 Å². The molecular weight excluding hydrogens is 468 g/mol. The van der Waals surface area contributed by atoms with Gasteiger partial charge in [-0.3, -0.25) is 19.3 Å². The van der Waals surface area contributed by atoms with Gasteiger partial charge in [0, 0.05) is 10.2 Å². The van der Waals surface area contributed by atoms with Crippen molar-refractivity contribution >= 4 is 50.9 Å². The first kappa shape index (κ1) is 21.1. The van der Waals surface area contributed by atoms with Crippen LogP contribution < -0.4 is 5.32 Å². The number of fused-ring (bicyclic) bond motifs is 1.